The first-order valence-electron chi connectivity index (χ1n) is 6.93. The highest BCUT2D eigenvalue weighted by Crippen LogP contribution is 2.29. The minimum Gasteiger partial charge on any atom is -0.504 e. The number of nitriles is 1. The third-order valence-corrected chi connectivity index (χ3v) is 3.48. The molecule has 0 bridgehead atoms. The van der Waals surface area contributed by atoms with Crippen molar-refractivity contribution in [2.24, 2.45) is 0 Å². The fraction of sp³-hybridized carbons (Fsp3) is 0.118. The highest BCUT2D eigenvalue weighted by molar-refractivity contribution is 6.05. The van der Waals surface area contributed by atoms with Crippen LogP contribution in [0.4, 0.5) is 0 Å². The zero-order valence-electron chi connectivity index (χ0n) is 12.6. The van der Waals surface area contributed by atoms with Crippen LogP contribution in [0, 0.1) is 11.3 Å². The first kappa shape index (κ1) is 16.8. The fourth-order valence-corrected chi connectivity index (χ4v) is 2.15. The normalized spacial score (nSPS) is 11.3. The van der Waals surface area contributed by atoms with Gasteiger partial charge in [0.15, 0.2) is 11.5 Å². The Hall–Kier alpha value is -3.53. The Kier molecular flexibility index (Phi) is 4.70. The van der Waals surface area contributed by atoms with Crippen LogP contribution < -0.4 is 5.32 Å². The Labute approximate surface area is 137 Å². The van der Waals surface area contributed by atoms with Gasteiger partial charge in [-0.1, -0.05) is 12.1 Å². The molecule has 0 aliphatic rings. The van der Waals surface area contributed by atoms with Crippen LogP contribution in [-0.2, 0) is 0 Å². The molecule has 2 aromatic carbocycles. The number of phenolic OH excluding ortho intramolecular Hbond substituents is 2. The van der Waals surface area contributed by atoms with Crippen molar-refractivity contribution < 1.29 is 24.9 Å². The summed E-state index contributed by atoms with van der Waals surface area (Å²) in [5, 5.41) is 39.4. The molecule has 7 nitrogen and oxygen atoms in total. The molecule has 0 saturated heterocycles. The lowest BCUT2D eigenvalue weighted by Crippen LogP contribution is -2.28. The molecule has 0 saturated carbocycles. The van der Waals surface area contributed by atoms with Crippen LogP contribution in [-0.4, -0.2) is 27.2 Å². The van der Waals surface area contributed by atoms with Crippen molar-refractivity contribution in [3.05, 3.63) is 58.7 Å². The Bertz CT molecular complexity index is 837. The monoisotopic (exact) mass is 326 g/mol. The summed E-state index contributed by atoms with van der Waals surface area (Å²) in [5.74, 6) is -3.32. The first-order chi connectivity index (χ1) is 11.3. The van der Waals surface area contributed by atoms with Gasteiger partial charge >= 0.3 is 5.97 Å². The smallest absolute Gasteiger partial charge is 0.336 e. The highest BCUT2D eigenvalue weighted by atomic mass is 16.4. The fourth-order valence-electron chi connectivity index (χ4n) is 2.15. The van der Waals surface area contributed by atoms with Crippen LogP contribution in [0.5, 0.6) is 11.5 Å². The molecule has 0 aliphatic carbocycles. The molecule has 0 aromatic heterocycles. The predicted octanol–water partition coefficient (Wildman–Crippen LogP) is 2.16. The van der Waals surface area contributed by atoms with E-state index in [1.54, 1.807) is 31.2 Å². The van der Waals surface area contributed by atoms with Crippen LogP contribution >= 0.6 is 0 Å². The molecule has 2 aromatic rings. The molecule has 1 amide bonds. The maximum Gasteiger partial charge on any atom is 0.336 e. The van der Waals surface area contributed by atoms with Crippen molar-refractivity contribution in [1.82, 2.24) is 5.32 Å². The summed E-state index contributed by atoms with van der Waals surface area (Å²) in [4.78, 5) is 23.5. The van der Waals surface area contributed by atoms with Crippen molar-refractivity contribution >= 4 is 11.9 Å². The summed E-state index contributed by atoms with van der Waals surface area (Å²) in [7, 11) is 0. The molecule has 0 spiro atoms. The predicted molar refractivity (Wildman–Crippen MR) is 83.8 cm³/mol. The van der Waals surface area contributed by atoms with E-state index in [-0.39, 0.29) is 5.56 Å². The van der Waals surface area contributed by atoms with E-state index in [9.17, 15) is 19.8 Å². The molecule has 0 aliphatic heterocycles. The van der Waals surface area contributed by atoms with Crippen LogP contribution in [0.2, 0.25) is 0 Å². The maximum absolute atomic E-state index is 12.3. The number of carbonyl (C=O) groups is 2. The first-order valence-corrected chi connectivity index (χ1v) is 6.93. The van der Waals surface area contributed by atoms with E-state index in [1.807, 2.05) is 6.07 Å². The molecule has 7 heteroatoms. The lowest BCUT2D eigenvalue weighted by atomic mass is 10.0. The Balaban J connectivity index is 2.27. The molecule has 1 atom stereocenters. The zero-order chi connectivity index (χ0) is 17.9. The van der Waals surface area contributed by atoms with Gasteiger partial charge in [0.05, 0.1) is 28.8 Å². The van der Waals surface area contributed by atoms with E-state index < -0.39 is 35.0 Å². The Morgan fingerprint density at radius 2 is 1.62 bits per heavy atom. The number of hydrogen-bond donors (Lipinski definition) is 4. The second-order valence-electron chi connectivity index (χ2n) is 5.12. The van der Waals surface area contributed by atoms with Crippen LogP contribution in [0.1, 0.15) is 44.8 Å². The van der Waals surface area contributed by atoms with Gasteiger partial charge in [-0.15, -0.1) is 0 Å². The molecule has 1 unspecified atom stereocenters. The van der Waals surface area contributed by atoms with Gasteiger partial charge in [0.2, 0.25) is 0 Å². The summed E-state index contributed by atoms with van der Waals surface area (Å²) in [6.07, 6.45) is 0. The number of carboxylic acids is 1. The second-order valence-corrected chi connectivity index (χ2v) is 5.12. The van der Waals surface area contributed by atoms with Gasteiger partial charge in [-0.2, -0.15) is 5.26 Å². The van der Waals surface area contributed by atoms with Crippen molar-refractivity contribution in [3.63, 3.8) is 0 Å². The van der Waals surface area contributed by atoms with Crippen molar-refractivity contribution in [1.29, 1.82) is 5.26 Å². The van der Waals surface area contributed by atoms with Gasteiger partial charge in [-0.3, -0.25) is 4.79 Å². The van der Waals surface area contributed by atoms with Crippen molar-refractivity contribution in [3.8, 4) is 17.6 Å². The maximum atomic E-state index is 12.3. The van der Waals surface area contributed by atoms with Crippen LogP contribution in [0.3, 0.4) is 0 Å². The number of benzene rings is 2. The van der Waals surface area contributed by atoms with Crippen molar-refractivity contribution in [2.45, 2.75) is 13.0 Å². The summed E-state index contributed by atoms with van der Waals surface area (Å²) in [6, 6.07) is 9.81. The highest BCUT2D eigenvalue weighted by Gasteiger charge is 2.21. The van der Waals surface area contributed by atoms with Gasteiger partial charge in [-0.25, -0.2) is 4.79 Å². The van der Waals surface area contributed by atoms with E-state index in [0.29, 0.717) is 5.56 Å². The molecule has 0 heterocycles. The summed E-state index contributed by atoms with van der Waals surface area (Å²) in [6.45, 7) is 1.69. The lowest BCUT2D eigenvalue weighted by molar-refractivity contribution is 0.0690. The van der Waals surface area contributed by atoms with E-state index in [1.165, 1.54) is 0 Å². The standard InChI is InChI=1S/C17H14N2O5/c1-9(11-4-2-10(8-18)3-5-11)19-16(22)12-6-14(20)15(21)7-13(12)17(23)24/h2-7,9,20-21H,1H3,(H,19,22)(H,23,24). The molecule has 24 heavy (non-hydrogen) atoms. The number of phenols is 2. The van der Waals surface area contributed by atoms with Gasteiger partial charge in [-0.05, 0) is 36.8 Å². The quantitative estimate of drug-likeness (QED) is 0.637. The summed E-state index contributed by atoms with van der Waals surface area (Å²) < 4.78 is 0. The van der Waals surface area contributed by atoms with Gasteiger partial charge in [0.1, 0.15) is 0 Å². The Morgan fingerprint density at radius 1 is 1.08 bits per heavy atom. The number of carbonyl (C=O) groups excluding carboxylic acids is 1. The number of aromatic carboxylic acids is 1. The molecular weight excluding hydrogens is 312 g/mol. The summed E-state index contributed by atoms with van der Waals surface area (Å²) >= 11 is 0. The number of rotatable bonds is 4. The molecular formula is C17H14N2O5. The SMILES string of the molecule is CC(NC(=O)c1cc(O)c(O)cc1C(=O)O)c1ccc(C#N)cc1. The number of nitrogens with zero attached hydrogens (tertiary/aromatic N) is 1. The second kappa shape index (κ2) is 6.71. The van der Waals surface area contributed by atoms with Gasteiger partial charge in [0, 0.05) is 0 Å². The number of hydrogen-bond acceptors (Lipinski definition) is 5. The van der Waals surface area contributed by atoms with Gasteiger partial charge in [0.25, 0.3) is 5.91 Å². The van der Waals surface area contributed by atoms with Crippen LogP contribution in [0.15, 0.2) is 36.4 Å². The third-order valence-electron chi connectivity index (χ3n) is 3.48. The average molecular weight is 326 g/mol. The van der Waals surface area contributed by atoms with Crippen molar-refractivity contribution in [2.75, 3.05) is 0 Å². The number of amides is 1. The lowest BCUT2D eigenvalue weighted by Gasteiger charge is -2.16. The number of carboxylic acid groups (broad SMARTS) is 1. The van der Waals surface area contributed by atoms with E-state index in [0.717, 1.165) is 17.7 Å². The molecule has 2 rings (SSSR count). The van der Waals surface area contributed by atoms with E-state index >= 15 is 0 Å². The van der Waals surface area contributed by atoms with Gasteiger partial charge < -0.3 is 20.6 Å². The topological polar surface area (TPSA) is 131 Å². The number of nitrogens with one attached hydrogen (secondary N) is 1. The number of aromatic hydroxyl groups is 2. The van der Waals surface area contributed by atoms with E-state index in [4.69, 9.17) is 10.4 Å². The molecule has 0 radical (unpaired) electrons. The Morgan fingerprint density at radius 3 is 2.12 bits per heavy atom. The zero-order valence-corrected chi connectivity index (χ0v) is 12.6. The van der Waals surface area contributed by atoms with E-state index in [2.05, 4.69) is 5.32 Å². The average Bonchev–Trinajstić information content (AvgIpc) is 2.56. The van der Waals surface area contributed by atoms with Crippen LogP contribution in [0.25, 0.3) is 0 Å². The molecule has 122 valence electrons. The largest absolute Gasteiger partial charge is 0.504 e. The third kappa shape index (κ3) is 3.44. The molecule has 0 fully saturated rings. The minimum absolute atomic E-state index is 0.265. The minimum atomic E-state index is -1.40. The molecule has 4 N–H and O–H groups in total. The summed E-state index contributed by atoms with van der Waals surface area (Å²) in [5.41, 5.74) is 0.518.